The Kier molecular flexibility index (Phi) is 4.71. The van der Waals surface area contributed by atoms with Gasteiger partial charge in [0.25, 0.3) is 5.91 Å². The van der Waals surface area contributed by atoms with Crippen LogP contribution in [-0.4, -0.2) is 41.2 Å². The molecule has 8 nitrogen and oxygen atoms in total. The lowest BCUT2D eigenvalue weighted by Crippen LogP contribution is -2.20. The summed E-state index contributed by atoms with van der Waals surface area (Å²) in [6.07, 6.45) is -1.57. The Hall–Kier alpha value is -3.38. The standard InChI is InChI=1S/C20H14F3N5O3S/c21-20(22,23)13-5-15-11(7-25-27-15)16-10-3-4-32(31)8-12(10)17(26-18(13)16)9-1-2-14(24-6-9)19(29)28-30/h1-2,5-7,30H,3-4,8H2,(H,25,27)(H,28,29). The average Bonchev–Trinajstić information content (AvgIpc) is 3.25. The lowest BCUT2D eigenvalue weighted by molar-refractivity contribution is -0.136. The van der Waals surface area contributed by atoms with E-state index in [0.717, 1.165) is 6.07 Å². The number of halogens is 3. The second-order valence-corrected chi connectivity index (χ2v) is 8.88. The first-order chi connectivity index (χ1) is 15.3. The third kappa shape index (κ3) is 3.22. The molecule has 0 bridgehead atoms. The Morgan fingerprint density at radius 1 is 1.22 bits per heavy atom. The van der Waals surface area contributed by atoms with Gasteiger partial charge < -0.3 is 0 Å². The predicted octanol–water partition coefficient (Wildman–Crippen LogP) is 3.12. The zero-order valence-corrected chi connectivity index (χ0v) is 17.0. The van der Waals surface area contributed by atoms with Gasteiger partial charge in [-0.1, -0.05) is 0 Å². The average molecular weight is 461 g/mol. The van der Waals surface area contributed by atoms with Gasteiger partial charge >= 0.3 is 6.18 Å². The number of carbonyl (C=O) groups excluding carboxylic acids is 1. The lowest BCUT2D eigenvalue weighted by Gasteiger charge is -2.23. The number of benzene rings is 1. The van der Waals surface area contributed by atoms with Crippen LogP contribution in [0.4, 0.5) is 13.2 Å². The van der Waals surface area contributed by atoms with Crippen molar-refractivity contribution in [2.45, 2.75) is 18.3 Å². The van der Waals surface area contributed by atoms with Crippen molar-refractivity contribution in [1.82, 2.24) is 25.6 Å². The number of aryl methyl sites for hydroxylation is 1. The molecule has 3 aromatic heterocycles. The van der Waals surface area contributed by atoms with E-state index in [1.807, 2.05) is 0 Å². The largest absolute Gasteiger partial charge is 0.418 e. The number of nitrogens with zero attached hydrogens (tertiary/aromatic N) is 3. The molecule has 4 heterocycles. The Bertz CT molecular complexity index is 1420. The van der Waals surface area contributed by atoms with E-state index in [1.54, 1.807) is 0 Å². The summed E-state index contributed by atoms with van der Waals surface area (Å²) in [5.41, 5.74) is 2.36. The van der Waals surface area contributed by atoms with Crippen LogP contribution in [0.1, 0.15) is 27.2 Å². The topological polar surface area (TPSA) is 121 Å². The van der Waals surface area contributed by atoms with E-state index in [4.69, 9.17) is 5.21 Å². The molecule has 32 heavy (non-hydrogen) atoms. The van der Waals surface area contributed by atoms with Gasteiger partial charge in [-0.05, 0) is 35.7 Å². The van der Waals surface area contributed by atoms with Gasteiger partial charge in [0, 0.05) is 39.1 Å². The molecular weight excluding hydrogens is 447 g/mol. The Balaban J connectivity index is 1.86. The molecule has 0 fully saturated rings. The van der Waals surface area contributed by atoms with Gasteiger partial charge in [-0.15, -0.1) is 0 Å². The van der Waals surface area contributed by atoms with E-state index in [2.05, 4.69) is 20.2 Å². The van der Waals surface area contributed by atoms with Crippen LogP contribution in [0.15, 0.2) is 30.6 Å². The molecule has 0 radical (unpaired) electrons. The molecule has 0 saturated carbocycles. The number of hydrogen-bond donors (Lipinski definition) is 3. The highest BCUT2D eigenvalue weighted by molar-refractivity contribution is 7.84. The predicted molar refractivity (Wildman–Crippen MR) is 109 cm³/mol. The normalized spacial score (nSPS) is 16.3. The van der Waals surface area contributed by atoms with Crippen LogP contribution < -0.4 is 5.48 Å². The second-order valence-electron chi connectivity index (χ2n) is 7.31. The molecular formula is C20H14F3N5O3S. The smallest absolute Gasteiger partial charge is 0.288 e. The van der Waals surface area contributed by atoms with Crippen molar-refractivity contribution in [3.05, 3.63) is 53.0 Å². The van der Waals surface area contributed by atoms with Crippen molar-refractivity contribution in [2.24, 2.45) is 0 Å². The number of aromatic amines is 1. The van der Waals surface area contributed by atoms with E-state index in [1.165, 1.54) is 30.0 Å². The molecule has 0 aliphatic carbocycles. The number of aromatic nitrogens is 4. The van der Waals surface area contributed by atoms with Crippen LogP contribution in [0.2, 0.25) is 0 Å². The molecule has 1 atom stereocenters. The number of amides is 1. The van der Waals surface area contributed by atoms with Crippen molar-refractivity contribution < 1.29 is 27.4 Å². The molecule has 5 rings (SSSR count). The first kappa shape index (κ1) is 20.5. The van der Waals surface area contributed by atoms with Gasteiger partial charge in [-0.2, -0.15) is 18.3 Å². The summed E-state index contributed by atoms with van der Waals surface area (Å²) in [6.45, 7) is 0. The van der Waals surface area contributed by atoms with Gasteiger partial charge in [-0.3, -0.25) is 24.3 Å². The van der Waals surface area contributed by atoms with Crippen LogP contribution in [-0.2, 0) is 29.1 Å². The Morgan fingerprint density at radius 2 is 2.03 bits per heavy atom. The van der Waals surface area contributed by atoms with Gasteiger partial charge in [0.1, 0.15) is 5.69 Å². The molecule has 1 aliphatic rings. The number of alkyl halides is 3. The maximum absolute atomic E-state index is 14.0. The SMILES string of the molecule is O=C(NO)c1ccc(-c2nc3c(C(F)(F)F)cc4[nH]ncc4c3c3c2CS(=O)CC3)cn1. The van der Waals surface area contributed by atoms with Crippen LogP contribution >= 0.6 is 0 Å². The van der Waals surface area contributed by atoms with Gasteiger partial charge in [0.05, 0.1) is 34.2 Å². The minimum atomic E-state index is -4.66. The first-order valence-electron chi connectivity index (χ1n) is 9.42. The number of nitrogens with one attached hydrogen (secondary N) is 2. The highest BCUT2D eigenvalue weighted by Crippen LogP contribution is 2.42. The fourth-order valence-corrected chi connectivity index (χ4v) is 5.24. The lowest BCUT2D eigenvalue weighted by atomic mass is 9.92. The molecule has 3 N–H and O–H groups in total. The number of pyridine rings is 2. The van der Waals surface area contributed by atoms with E-state index in [9.17, 15) is 22.2 Å². The molecule has 0 spiro atoms. The van der Waals surface area contributed by atoms with Crippen molar-refractivity contribution in [2.75, 3.05) is 5.75 Å². The number of hydrogen-bond acceptors (Lipinski definition) is 6. The zero-order chi connectivity index (χ0) is 22.6. The number of fused-ring (bicyclic) bond motifs is 5. The van der Waals surface area contributed by atoms with Gasteiger partial charge in [-0.25, -0.2) is 10.5 Å². The van der Waals surface area contributed by atoms with Crippen LogP contribution in [0.3, 0.4) is 0 Å². The molecule has 1 aliphatic heterocycles. The van der Waals surface area contributed by atoms with Crippen LogP contribution in [0.25, 0.3) is 33.1 Å². The van der Waals surface area contributed by atoms with Crippen molar-refractivity contribution >= 4 is 38.5 Å². The number of carbonyl (C=O) groups is 1. The Labute approximate surface area is 180 Å². The molecule has 0 saturated heterocycles. The van der Waals surface area contributed by atoms with E-state index in [-0.39, 0.29) is 28.2 Å². The summed E-state index contributed by atoms with van der Waals surface area (Å²) >= 11 is 0. The monoisotopic (exact) mass is 461 g/mol. The highest BCUT2D eigenvalue weighted by Gasteiger charge is 2.36. The summed E-state index contributed by atoms with van der Waals surface area (Å²) in [5, 5.41) is 16.1. The van der Waals surface area contributed by atoms with E-state index >= 15 is 0 Å². The molecule has 4 aromatic rings. The maximum Gasteiger partial charge on any atom is 0.418 e. The third-order valence-corrected chi connectivity index (χ3v) is 6.73. The van der Waals surface area contributed by atoms with E-state index in [0.29, 0.717) is 39.6 Å². The summed E-state index contributed by atoms with van der Waals surface area (Å²) < 4.78 is 54.2. The van der Waals surface area contributed by atoms with Crippen LogP contribution in [0, 0.1) is 0 Å². The fourth-order valence-electron chi connectivity index (χ4n) is 4.04. The minimum absolute atomic E-state index is 0.0782. The molecule has 1 amide bonds. The first-order valence-corrected chi connectivity index (χ1v) is 10.9. The number of H-pyrrole nitrogens is 1. The summed E-state index contributed by atoms with van der Waals surface area (Å²) in [4.78, 5) is 19.9. The third-order valence-electron chi connectivity index (χ3n) is 5.46. The fraction of sp³-hybridized carbons (Fsp3) is 0.200. The summed E-state index contributed by atoms with van der Waals surface area (Å²) in [6, 6.07) is 3.79. The zero-order valence-electron chi connectivity index (χ0n) is 16.2. The number of rotatable bonds is 2. The van der Waals surface area contributed by atoms with E-state index < -0.39 is 28.4 Å². The highest BCUT2D eigenvalue weighted by atomic mass is 32.2. The molecule has 1 aromatic carbocycles. The molecule has 1 unspecified atom stereocenters. The Morgan fingerprint density at radius 3 is 2.72 bits per heavy atom. The maximum atomic E-state index is 14.0. The van der Waals surface area contributed by atoms with Gasteiger partial charge in [0.2, 0.25) is 0 Å². The minimum Gasteiger partial charge on any atom is -0.288 e. The van der Waals surface area contributed by atoms with Crippen LogP contribution in [0.5, 0.6) is 0 Å². The molecule has 164 valence electrons. The van der Waals surface area contributed by atoms with Gasteiger partial charge in [0.15, 0.2) is 0 Å². The van der Waals surface area contributed by atoms with Crippen molar-refractivity contribution in [3.8, 4) is 11.3 Å². The summed E-state index contributed by atoms with van der Waals surface area (Å²) in [5.74, 6) is -0.357. The molecule has 12 heteroatoms. The summed E-state index contributed by atoms with van der Waals surface area (Å²) in [7, 11) is -1.19. The quantitative estimate of drug-likeness (QED) is 0.312. The number of hydroxylamine groups is 1. The van der Waals surface area contributed by atoms with Crippen molar-refractivity contribution in [1.29, 1.82) is 0 Å². The van der Waals surface area contributed by atoms with Crippen molar-refractivity contribution in [3.63, 3.8) is 0 Å². The second kappa shape index (κ2) is 7.35.